The number of rotatable bonds is 9. The third kappa shape index (κ3) is 5.76. The molecule has 2 aromatic heterocycles. The molecule has 1 saturated heterocycles. The van der Waals surface area contributed by atoms with E-state index >= 15 is 0 Å². The van der Waals surface area contributed by atoms with Gasteiger partial charge in [-0.3, -0.25) is 14.8 Å². The molecule has 0 spiro atoms. The van der Waals surface area contributed by atoms with E-state index in [2.05, 4.69) is 12.1 Å². The lowest BCUT2D eigenvalue weighted by atomic mass is 9.96. The summed E-state index contributed by atoms with van der Waals surface area (Å²) in [6.45, 7) is 0. The highest BCUT2D eigenvalue weighted by molar-refractivity contribution is 7.67. The number of carbonyl (C=O) groups excluding carboxylic acids is 1. The summed E-state index contributed by atoms with van der Waals surface area (Å²) in [5, 5.41) is 1.08. The van der Waals surface area contributed by atoms with E-state index in [9.17, 15) is 4.79 Å². The number of pyridine rings is 2. The van der Waals surface area contributed by atoms with Crippen LogP contribution in [-0.2, 0) is 4.79 Å². The molecule has 0 bridgehead atoms. The third-order valence-corrected chi connectivity index (χ3v) is 11.5. The number of ether oxygens (including phenoxy) is 4. The average molecular weight is 619 g/mol. The smallest absolute Gasteiger partial charge is 0.134 e. The zero-order valence-corrected chi connectivity index (χ0v) is 26.7. The van der Waals surface area contributed by atoms with Crippen molar-refractivity contribution in [1.82, 2.24) is 9.97 Å². The zero-order chi connectivity index (χ0) is 31.3. The minimum absolute atomic E-state index is 0.171. The van der Waals surface area contributed by atoms with Crippen molar-refractivity contribution in [1.29, 1.82) is 0 Å². The first kappa shape index (κ1) is 30.3. The molecule has 0 amide bonds. The van der Waals surface area contributed by atoms with Crippen LogP contribution in [0, 0.1) is 0 Å². The first-order chi connectivity index (χ1) is 22.1. The van der Waals surface area contributed by atoms with E-state index < -0.39 is 7.92 Å². The van der Waals surface area contributed by atoms with Crippen LogP contribution in [0.1, 0.15) is 35.5 Å². The van der Waals surface area contributed by atoms with Gasteiger partial charge in [0.25, 0.3) is 0 Å². The highest BCUT2D eigenvalue weighted by Gasteiger charge is 2.43. The summed E-state index contributed by atoms with van der Waals surface area (Å²) in [5.74, 6) is 2.94. The second-order valence-corrected chi connectivity index (χ2v) is 13.2. The summed E-state index contributed by atoms with van der Waals surface area (Å²) in [6.07, 6.45) is 4.37. The SMILES string of the molecule is COc1cccc(OC)c1-c1cccc(-c2c(OC)cccc2OC)c1P1C(c2ccccn2)CC(=O)CC1c1ccccn1. The number of Topliss-reactive ketones (excluding diaryl/α,β-unsaturated/α-hetero) is 1. The molecule has 1 aliphatic heterocycles. The van der Waals surface area contributed by atoms with Gasteiger partial charge in [-0.2, -0.15) is 0 Å². The molecule has 0 N–H and O–H groups in total. The quantitative estimate of drug-likeness (QED) is 0.156. The van der Waals surface area contributed by atoms with Crippen molar-refractivity contribution >= 4 is 19.0 Å². The number of nitrogens with zero attached hydrogens (tertiary/aromatic N) is 2. The molecular weight excluding hydrogens is 583 g/mol. The van der Waals surface area contributed by atoms with Gasteiger partial charge in [-0.15, -0.1) is 0 Å². The second kappa shape index (κ2) is 13.5. The Morgan fingerprint density at radius 1 is 0.556 bits per heavy atom. The fraction of sp³-hybridized carbons (Fsp3) is 0.216. The number of hydrogen-bond donors (Lipinski definition) is 0. The number of methoxy groups -OCH3 is 4. The summed E-state index contributed by atoms with van der Waals surface area (Å²) in [5.41, 5.74) is 5.02. The Labute approximate surface area is 264 Å². The van der Waals surface area contributed by atoms with Gasteiger partial charge in [-0.25, -0.2) is 0 Å². The first-order valence-corrected chi connectivity index (χ1v) is 16.2. The van der Waals surface area contributed by atoms with Crippen molar-refractivity contribution in [2.24, 2.45) is 0 Å². The first-order valence-electron chi connectivity index (χ1n) is 14.8. The maximum atomic E-state index is 13.6. The predicted molar refractivity (Wildman–Crippen MR) is 178 cm³/mol. The standard InChI is InChI=1S/C37H35N2O5P/c1-41-29-16-10-17-30(42-2)35(29)25-12-9-13-26(36-31(43-3)18-11-19-32(36)44-4)37(25)45-33(27-14-5-7-20-38-27)22-24(40)23-34(45)28-15-6-8-21-39-28/h5-21,33-34H,22-23H2,1-4H3. The molecule has 7 nitrogen and oxygen atoms in total. The Morgan fingerprint density at radius 2 is 0.956 bits per heavy atom. The molecule has 45 heavy (non-hydrogen) atoms. The maximum absolute atomic E-state index is 13.6. The minimum Gasteiger partial charge on any atom is -0.496 e. The number of aromatic nitrogens is 2. The van der Waals surface area contributed by atoms with Crippen molar-refractivity contribution in [2.45, 2.75) is 24.2 Å². The molecule has 0 aliphatic carbocycles. The van der Waals surface area contributed by atoms with Gasteiger partial charge in [-0.1, -0.05) is 50.4 Å². The Hall–Kier alpha value is -4.74. The van der Waals surface area contributed by atoms with Crippen LogP contribution in [0.15, 0.2) is 103 Å². The van der Waals surface area contributed by atoms with E-state index in [-0.39, 0.29) is 17.1 Å². The minimum atomic E-state index is -1.20. The van der Waals surface area contributed by atoms with Crippen LogP contribution in [0.2, 0.25) is 0 Å². The van der Waals surface area contributed by atoms with Crippen molar-refractivity contribution in [3.8, 4) is 45.3 Å². The molecule has 1 fully saturated rings. The molecule has 0 radical (unpaired) electrons. The van der Waals surface area contributed by atoms with Crippen molar-refractivity contribution in [3.05, 3.63) is 115 Å². The van der Waals surface area contributed by atoms with Crippen LogP contribution in [-0.4, -0.2) is 44.2 Å². The molecule has 3 heterocycles. The van der Waals surface area contributed by atoms with Crippen molar-refractivity contribution in [2.75, 3.05) is 28.4 Å². The summed E-state index contributed by atoms with van der Waals surface area (Å²) < 4.78 is 23.8. The van der Waals surface area contributed by atoms with Crippen LogP contribution in [0.5, 0.6) is 23.0 Å². The molecule has 5 aromatic rings. The lowest BCUT2D eigenvalue weighted by Gasteiger charge is -2.40. The van der Waals surface area contributed by atoms with Gasteiger partial charge >= 0.3 is 0 Å². The highest BCUT2D eigenvalue weighted by Crippen LogP contribution is 2.68. The second-order valence-electron chi connectivity index (χ2n) is 10.7. The van der Waals surface area contributed by atoms with Crippen LogP contribution in [0.25, 0.3) is 22.3 Å². The number of hydrogen-bond acceptors (Lipinski definition) is 7. The molecule has 2 atom stereocenters. The Morgan fingerprint density at radius 3 is 1.31 bits per heavy atom. The van der Waals surface area contributed by atoms with Gasteiger partial charge in [0.05, 0.1) is 39.6 Å². The average Bonchev–Trinajstić information content (AvgIpc) is 3.11. The molecule has 0 saturated carbocycles. The molecule has 6 rings (SSSR count). The largest absolute Gasteiger partial charge is 0.496 e. The number of benzene rings is 3. The monoisotopic (exact) mass is 618 g/mol. The number of ketones is 1. The molecule has 2 unspecified atom stereocenters. The van der Waals surface area contributed by atoms with E-state index in [0.29, 0.717) is 35.8 Å². The number of carbonyl (C=O) groups is 1. The van der Waals surface area contributed by atoms with Gasteiger partial charge < -0.3 is 18.9 Å². The summed E-state index contributed by atoms with van der Waals surface area (Å²) in [7, 11) is 5.48. The fourth-order valence-corrected chi connectivity index (χ4v) is 10.0. The summed E-state index contributed by atoms with van der Waals surface area (Å²) >= 11 is 0. The lowest BCUT2D eigenvalue weighted by molar-refractivity contribution is -0.119. The van der Waals surface area contributed by atoms with Crippen LogP contribution in [0.4, 0.5) is 0 Å². The maximum Gasteiger partial charge on any atom is 0.134 e. The highest BCUT2D eigenvalue weighted by atomic mass is 31.1. The summed E-state index contributed by atoms with van der Waals surface area (Å²) in [6, 6.07) is 29.8. The van der Waals surface area contributed by atoms with Crippen molar-refractivity contribution in [3.63, 3.8) is 0 Å². The molecule has 3 aromatic carbocycles. The topological polar surface area (TPSA) is 79.8 Å². The molecule has 1 aliphatic rings. The molecule has 228 valence electrons. The van der Waals surface area contributed by atoms with Gasteiger partial charge in [-0.05, 0) is 65.0 Å². The van der Waals surface area contributed by atoms with Gasteiger partial charge in [0, 0.05) is 47.9 Å². The Bertz CT molecular complexity index is 1630. The third-order valence-electron chi connectivity index (χ3n) is 8.26. The van der Waals surface area contributed by atoms with Gasteiger partial charge in [0.2, 0.25) is 0 Å². The van der Waals surface area contributed by atoms with E-state index in [4.69, 9.17) is 28.9 Å². The fourth-order valence-electron chi connectivity index (χ4n) is 6.34. The molecule has 8 heteroatoms. The van der Waals surface area contributed by atoms with Crippen LogP contribution in [0.3, 0.4) is 0 Å². The van der Waals surface area contributed by atoms with Crippen LogP contribution >= 0.6 is 7.92 Å². The summed E-state index contributed by atoms with van der Waals surface area (Å²) in [4.78, 5) is 23.2. The predicted octanol–water partition coefficient (Wildman–Crippen LogP) is 7.80. The van der Waals surface area contributed by atoms with E-state index in [1.807, 2.05) is 78.9 Å². The van der Waals surface area contributed by atoms with Crippen molar-refractivity contribution < 1.29 is 23.7 Å². The van der Waals surface area contributed by atoms with E-state index in [1.54, 1.807) is 40.8 Å². The van der Waals surface area contributed by atoms with E-state index in [1.165, 1.54) is 0 Å². The Balaban J connectivity index is 1.76. The molecular formula is C37H35N2O5P. The van der Waals surface area contributed by atoms with Gasteiger partial charge in [0.15, 0.2) is 0 Å². The zero-order valence-electron chi connectivity index (χ0n) is 25.8. The van der Waals surface area contributed by atoms with Crippen LogP contribution < -0.4 is 24.3 Å². The van der Waals surface area contributed by atoms with Gasteiger partial charge in [0.1, 0.15) is 28.8 Å². The normalized spacial score (nSPS) is 17.9. The Kier molecular flexibility index (Phi) is 9.08. The lowest BCUT2D eigenvalue weighted by Crippen LogP contribution is -2.26. The van der Waals surface area contributed by atoms with E-state index in [0.717, 1.165) is 38.9 Å².